The number of anilines is 1. The number of ether oxygens (including phenoxy) is 1. The molecule has 1 amide bonds. The molecule has 5 nitrogen and oxygen atoms in total. The number of carbonyl (C=O) groups excluding carboxylic acids is 1. The summed E-state index contributed by atoms with van der Waals surface area (Å²) in [6.45, 7) is 0.314. The van der Waals surface area contributed by atoms with Crippen LogP contribution in [0.3, 0.4) is 0 Å². The second-order valence-electron chi connectivity index (χ2n) is 7.13. The Morgan fingerprint density at radius 2 is 1.59 bits per heavy atom. The molecule has 2 atom stereocenters. The van der Waals surface area contributed by atoms with Gasteiger partial charge in [-0.25, -0.2) is 4.21 Å². The predicted molar refractivity (Wildman–Crippen MR) is 113 cm³/mol. The van der Waals surface area contributed by atoms with E-state index in [0.29, 0.717) is 23.3 Å². The van der Waals surface area contributed by atoms with Crippen LogP contribution >= 0.6 is 0 Å². The molecule has 0 saturated carbocycles. The van der Waals surface area contributed by atoms with E-state index in [2.05, 4.69) is 10.1 Å². The number of halogens is 6. The summed E-state index contributed by atoms with van der Waals surface area (Å²) >= 11 is -2.07. The molecule has 2 aromatic carbocycles. The van der Waals surface area contributed by atoms with Crippen LogP contribution in [-0.2, 0) is 32.6 Å². The first kappa shape index (κ1) is 27.4. The van der Waals surface area contributed by atoms with Crippen molar-refractivity contribution < 1.29 is 44.6 Å². The lowest BCUT2D eigenvalue weighted by Crippen LogP contribution is -2.56. The number of rotatable bonds is 8. The number of hydrogen-bond donors (Lipinski definition) is 2. The van der Waals surface area contributed by atoms with Gasteiger partial charge in [-0.2, -0.15) is 26.3 Å². The number of carbonyl (C=O) groups is 1. The smallest absolute Gasteiger partial charge is 0.341 e. The number of terminal acetylenes is 1. The zero-order valence-electron chi connectivity index (χ0n) is 17.5. The Hall–Kier alpha value is -2.88. The highest BCUT2D eigenvalue weighted by Gasteiger charge is 2.73. The summed E-state index contributed by atoms with van der Waals surface area (Å²) in [5, 5.41) is 1.75. The molecule has 0 radical (unpaired) electrons. The molecule has 0 saturated heterocycles. The largest absolute Gasteiger partial charge is 0.430 e. The fourth-order valence-electron chi connectivity index (χ4n) is 3.09. The van der Waals surface area contributed by atoms with Crippen LogP contribution in [0.4, 0.5) is 32.0 Å². The van der Waals surface area contributed by atoms with Gasteiger partial charge in [0.25, 0.3) is 5.60 Å². The number of nitrogens with one attached hydrogen (secondary N) is 1. The molecule has 0 bridgehead atoms. The lowest BCUT2D eigenvalue weighted by molar-refractivity contribution is -0.386. The summed E-state index contributed by atoms with van der Waals surface area (Å²) in [7, 11) is 0. The lowest BCUT2D eigenvalue weighted by Gasteiger charge is -2.36. The third-order valence-electron chi connectivity index (χ3n) is 4.86. The van der Waals surface area contributed by atoms with Gasteiger partial charge in [0.15, 0.2) is 11.1 Å². The monoisotopic (exact) mass is 507 g/mol. The molecular formula is C22H19F6NO4S. The molecule has 2 unspecified atom stereocenters. The van der Waals surface area contributed by atoms with E-state index in [0.717, 1.165) is 12.1 Å². The Kier molecular flexibility index (Phi) is 8.52. The van der Waals surface area contributed by atoms with Gasteiger partial charge in [-0.3, -0.25) is 4.79 Å². The Morgan fingerprint density at radius 1 is 1.06 bits per heavy atom. The van der Waals surface area contributed by atoms with Crippen LogP contribution in [0.2, 0.25) is 0 Å². The number of alkyl halides is 6. The van der Waals surface area contributed by atoms with E-state index in [1.54, 1.807) is 37.1 Å². The fraction of sp³-hybridized carbons (Fsp3) is 0.318. The van der Waals surface area contributed by atoms with Crippen LogP contribution in [0.5, 0.6) is 0 Å². The van der Waals surface area contributed by atoms with Gasteiger partial charge in [-0.15, -0.1) is 6.42 Å². The molecule has 2 rings (SSSR count). The van der Waals surface area contributed by atoms with Crippen molar-refractivity contribution in [2.24, 2.45) is 0 Å². The van der Waals surface area contributed by atoms with Gasteiger partial charge in [0.05, 0.1) is 11.7 Å². The van der Waals surface area contributed by atoms with E-state index in [1.807, 2.05) is 0 Å². The van der Waals surface area contributed by atoms with E-state index in [4.69, 9.17) is 11.0 Å². The van der Waals surface area contributed by atoms with Crippen molar-refractivity contribution in [1.29, 1.82) is 0 Å². The first-order chi connectivity index (χ1) is 15.7. The summed E-state index contributed by atoms with van der Waals surface area (Å²) in [5.41, 5.74) is -4.81. The zero-order valence-corrected chi connectivity index (χ0v) is 18.4. The molecule has 184 valence electrons. The van der Waals surface area contributed by atoms with Gasteiger partial charge in [0, 0.05) is 11.3 Å². The van der Waals surface area contributed by atoms with Crippen LogP contribution < -0.4 is 5.32 Å². The van der Waals surface area contributed by atoms with Gasteiger partial charge >= 0.3 is 12.4 Å². The van der Waals surface area contributed by atoms with Gasteiger partial charge in [-0.05, 0) is 30.2 Å². The summed E-state index contributed by atoms with van der Waals surface area (Å²) in [5.74, 6) is 1.02. The maximum absolute atomic E-state index is 13.5. The van der Waals surface area contributed by atoms with Crippen molar-refractivity contribution in [2.45, 2.75) is 36.5 Å². The van der Waals surface area contributed by atoms with Gasteiger partial charge in [0.2, 0.25) is 5.91 Å². The highest BCUT2D eigenvalue weighted by Crippen LogP contribution is 2.53. The highest BCUT2D eigenvalue weighted by molar-refractivity contribution is 7.79. The quantitative estimate of drug-likeness (QED) is 0.296. The first-order valence-electron chi connectivity index (χ1n) is 9.52. The minimum absolute atomic E-state index is 0.0372. The molecule has 2 aromatic rings. The molecule has 0 aliphatic carbocycles. The number of amides is 1. The summed E-state index contributed by atoms with van der Waals surface area (Å²) in [4.78, 5) is 12.2. The molecule has 0 fully saturated rings. The SMILES string of the molecule is C#CCOC(c1ccc(NC(=O)Cc2ccc(C(C)S(=O)O)cc2)cc1)(C(F)(F)F)C(F)(F)F. The third-order valence-corrected chi connectivity index (χ3v) is 5.74. The Morgan fingerprint density at radius 3 is 2.03 bits per heavy atom. The van der Waals surface area contributed by atoms with Crippen molar-refractivity contribution >= 4 is 22.7 Å². The molecule has 0 aromatic heterocycles. The van der Waals surface area contributed by atoms with Crippen molar-refractivity contribution in [3.8, 4) is 12.3 Å². The van der Waals surface area contributed by atoms with E-state index in [-0.39, 0.29) is 12.1 Å². The topological polar surface area (TPSA) is 75.6 Å². The summed E-state index contributed by atoms with van der Waals surface area (Å²) in [6, 6.07) is 9.15. The van der Waals surface area contributed by atoms with Gasteiger partial charge in [-0.1, -0.05) is 42.3 Å². The molecule has 0 spiro atoms. The maximum Gasteiger partial charge on any atom is 0.430 e. The van der Waals surface area contributed by atoms with Crippen molar-refractivity contribution in [1.82, 2.24) is 0 Å². The second-order valence-corrected chi connectivity index (χ2v) is 8.39. The Labute approximate surface area is 193 Å². The van der Waals surface area contributed by atoms with Gasteiger partial charge < -0.3 is 14.6 Å². The normalized spacial score (nSPS) is 14.2. The average molecular weight is 507 g/mol. The van der Waals surface area contributed by atoms with Crippen LogP contribution in [-0.4, -0.2) is 33.6 Å². The third kappa shape index (κ3) is 5.97. The molecule has 0 aliphatic heterocycles. The zero-order chi connectivity index (χ0) is 25.7. The Balaban J connectivity index is 2.20. The standard InChI is InChI=1S/C22H19F6NO4S/c1-3-12-33-20(21(23,24)25,22(26,27)28)17-8-10-18(11-9-17)29-19(30)13-15-4-6-16(7-5-15)14(2)34(31)32/h1,4-11,14H,12-13H2,2H3,(H,29,30)(H,31,32). The molecular weight excluding hydrogens is 488 g/mol. The van der Waals surface area contributed by atoms with Crippen LogP contribution in [0, 0.1) is 12.3 Å². The van der Waals surface area contributed by atoms with Crippen LogP contribution in [0.1, 0.15) is 28.9 Å². The molecule has 0 aliphatic rings. The first-order valence-corrected chi connectivity index (χ1v) is 10.7. The number of benzene rings is 2. The lowest BCUT2D eigenvalue weighted by atomic mass is 9.91. The minimum Gasteiger partial charge on any atom is -0.341 e. The van der Waals surface area contributed by atoms with E-state index in [1.165, 1.54) is 0 Å². The maximum atomic E-state index is 13.5. The second kappa shape index (κ2) is 10.6. The number of hydrogen-bond acceptors (Lipinski definition) is 3. The molecule has 0 heterocycles. The summed E-state index contributed by atoms with van der Waals surface area (Å²) < 4.78 is 106. The minimum atomic E-state index is -5.86. The van der Waals surface area contributed by atoms with Crippen molar-refractivity contribution in [3.63, 3.8) is 0 Å². The van der Waals surface area contributed by atoms with Crippen LogP contribution in [0.15, 0.2) is 48.5 Å². The predicted octanol–water partition coefficient (Wildman–Crippen LogP) is 5.12. The van der Waals surface area contributed by atoms with Crippen molar-refractivity contribution in [3.05, 3.63) is 65.2 Å². The van der Waals surface area contributed by atoms with Gasteiger partial charge in [0.1, 0.15) is 6.61 Å². The molecule has 12 heteroatoms. The average Bonchev–Trinajstić information content (AvgIpc) is 2.73. The highest BCUT2D eigenvalue weighted by atomic mass is 32.2. The van der Waals surface area contributed by atoms with E-state index < -0.39 is 52.4 Å². The molecule has 34 heavy (non-hydrogen) atoms. The Bertz CT molecular complexity index is 1050. The van der Waals surface area contributed by atoms with E-state index in [9.17, 15) is 35.3 Å². The van der Waals surface area contributed by atoms with Crippen molar-refractivity contribution in [2.75, 3.05) is 11.9 Å². The molecule has 2 N–H and O–H groups in total. The van der Waals surface area contributed by atoms with Crippen LogP contribution in [0.25, 0.3) is 0 Å². The van der Waals surface area contributed by atoms with E-state index >= 15 is 0 Å². The fourth-order valence-corrected chi connectivity index (χ4v) is 3.48. The summed E-state index contributed by atoms with van der Waals surface area (Å²) in [6.07, 6.45) is -7.08.